The molecular weight excluding hydrogens is 324 g/mol. The Labute approximate surface area is 156 Å². The summed E-state index contributed by atoms with van der Waals surface area (Å²) < 4.78 is 6.10. The SMILES string of the molecule is CC[C@@H](Oc1cc(C)ccc1C)C(=O)N1CCN(c2ccccc2)CC1. The van der Waals surface area contributed by atoms with Crippen LogP contribution in [0.4, 0.5) is 5.69 Å². The van der Waals surface area contributed by atoms with Gasteiger partial charge in [0.25, 0.3) is 5.91 Å². The first-order chi connectivity index (χ1) is 12.6. The number of hydrogen-bond donors (Lipinski definition) is 0. The van der Waals surface area contributed by atoms with Gasteiger partial charge in [0.15, 0.2) is 6.10 Å². The Bertz CT molecular complexity index is 737. The van der Waals surface area contributed by atoms with Crippen LogP contribution in [0.2, 0.25) is 0 Å². The molecule has 26 heavy (non-hydrogen) atoms. The smallest absolute Gasteiger partial charge is 0.263 e. The van der Waals surface area contributed by atoms with E-state index < -0.39 is 6.10 Å². The lowest BCUT2D eigenvalue weighted by atomic mass is 10.1. The van der Waals surface area contributed by atoms with E-state index >= 15 is 0 Å². The van der Waals surface area contributed by atoms with Crippen molar-refractivity contribution < 1.29 is 9.53 Å². The lowest BCUT2D eigenvalue weighted by molar-refractivity contribution is -0.139. The molecule has 0 aromatic heterocycles. The molecule has 138 valence electrons. The first-order valence-electron chi connectivity index (χ1n) is 9.41. The molecule has 1 amide bonds. The van der Waals surface area contributed by atoms with Gasteiger partial charge in [-0.3, -0.25) is 4.79 Å². The fourth-order valence-corrected chi connectivity index (χ4v) is 3.32. The van der Waals surface area contributed by atoms with Crippen LogP contribution in [0.15, 0.2) is 48.5 Å². The van der Waals surface area contributed by atoms with Crippen LogP contribution < -0.4 is 9.64 Å². The highest BCUT2D eigenvalue weighted by atomic mass is 16.5. The number of benzene rings is 2. The second-order valence-electron chi connectivity index (χ2n) is 6.93. The zero-order valence-electron chi connectivity index (χ0n) is 15.9. The highest BCUT2D eigenvalue weighted by Crippen LogP contribution is 2.22. The molecular formula is C22H28N2O2. The molecule has 1 aliphatic heterocycles. The lowest BCUT2D eigenvalue weighted by Gasteiger charge is -2.37. The van der Waals surface area contributed by atoms with E-state index in [1.165, 1.54) is 5.69 Å². The molecule has 0 unspecified atom stereocenters. The van der Waals surface area contributed by atoms with E-state index in [1.807, 2.05) is 43.9 Å². The molecule has 1 atom stereocenters. The first-order valence-corrected chi connectivity index (χ1v) is 9.41. The highest BCUT2D eigenvalue weighted by Gasteiger charge is 2.28. The summed E-state index contributed by atoms with van der Waals surface area (Å²) in [4.78, 5) is 17.2. The fraction of sp³-hybridized carbons (Fsp3) is 0.409. The van der Waals surface area contributed by atoms with Crippen LogP contribution in [-0.4, -0.2) is 43.1 Å². The average molecular weight is 352 g/mol. The third-order valence-electron chi connectivity index (χ3n) is 4.97. The van der Waals surface area contributed by atoms with Crippen molar-refractivity contribution in [3.8, 4) is 5.75 Å². The molecule has 4 nitrogen and oxygen atoms in total. The molecule has 0 radical (unpaired) electrons. The third kappa shape index (κ3) is 4.18. The van der Waals surface area contributed by atoms with Crippen LogP contribution >= 0.6 is 0 Å². The van der Waals surface area contributed by atoms with Gasteiger partial charge in [0.05, 0.1) is 0 Å². The number of para-hydroxylation sites is 1. The van der Waals surface area contributed by atoms with Crippen LogP contribution in [-0.2, 0) is 4.79 Å². The molecule has 1 aliphatic rings. The van der Waals surface area contributed by atoms with Gasteiger partial charge >= 0.3 is 0 Å². The summed E-state index contributed by atoms with van der Waals surface area (Å²) in [6.45, 7) is 9.25. The first kappa shape index (κ1) is 18.3. The molecule has 1 heterocycles. The summed E-state index contributed by atoms with van der Waals surface area (Å²) in [6, 6.07) is 16.5. The van der Waals surface area contributed by atoms with Crippen LogP contribution in [0.25, 0.3) is 0 Å². The maximum Gasteiger partial charge on any atom is 0.263 e. The fourth-order valence-electron chi connectivity index (χ4n) is 3.32. The average Bonchev–Trinajstić information content (AvgIpc) is 2.69. The van der Waals surface area contributed by atoms with Gasteiger partial charge in [-0.25, -0.2) is 0 Å². The van der Waals surface area contributed by atoms with Gasteiger partial charge in [0.1, 0.15) is 5.75 Å². The number of amides is 1. The topological polar surface area (TPSA) is 32.8 Å². The van der Waals surface area contributed by atoms with E-state index in [1.54, 1.807) is 0 Å². The van der Waals surface area contributed by atoms with Gasteiger partial charge in [-0.2, -0.15) is 0 Å². The van der Waals surface area contributed by atoms with Crippen molar-refractivity contribution in [2.75, 3.05) is 31.1 Å². The van der Waals surface area contributed by atoms with Gasteiger partial charge in [-0.1, -0.05) is 37.3 Å². The third-order valence-corrected chi connectivity index (χ3v) is 4.97. The van der Waals surface area contributed by atoms with Gasteiger partial charge in [0.2, 0.25) is 0 Å². The van der Waals surface area contributed by atoms with Crippen molar-refractivity contribution in [1.82, 2.24) is 4.90 Å². The molecule has 0 spiro atoms. The number of carbonyl (C=O) groups is 1. The Kier molecular flexibility index (Phi) is 5.82. The number of carbonyl (C=O) groups excluding carboxylic acids is 1. The highest BCUT2D eigenvalue weighted by molar-refractivity contribution is 5.81. The Balaban J connectivity index is 1.62. The number of rotatable bonds is 5. The Morgan fingerprint density at radius 1 is 1.04 bits per heavy atom. The van der Waals surface area contributed by atoms with Crippen LogP contribution in [0.5, 0.6) is 5.75 Å². The molecule has 0 N–H and O–H groups in total. The minimum Gasteiger partial charge on any atom is -0.480 e. The Morgan fingerprint density at radius 3 is 2.38 bits per heavy atom. The normalized spacial score (nSPS) is 15.7. The molecule has 2 aromatic rings. The summed E-state index contributed by atoms with van der Waals surface area (Å²) in [5.41, 5.74) is 3.43. The number of hydrogen-bond acceptors (Lipinski definition) is 3. The molecule has 0 aliphatic carbocycles. The van der Waals surface area contributed by atoms with Crippen LogP contribution in [0.1, 0.15) is 24.5 Å². The van der Waals surface area contributed by atoms with Gasteiger partial charge in [-0.15, -0.1) is 0 Å². The summed E-state index contributed by atoms with van der Waals surface area (Å²) in [6.07, 6.45) is 0.254. The Morgan fingerprint density at radius 2 is 1.73 bits per heavy atom. The second kappa shape index (κ2) is 8.26. The minimum absolute atomic E-state index is 0.0983. The van der Waals surface area contributed by atoms with Crippen LogP contribution in [0.3, 0.4) is 0 Å². The molecule has 0 bridgehead atoms. The summed E-state index contributed by atoms with van der Waals surface area (Å²) in [5, 5.41) is 0. The van der Waals surface area contributed by atoms with E-state index in [2.05, 4.69) is 35.2 Å². The molecule has 1 fully saturated rings. The number of anilines is 1. The predicted octanol–water partition coefficient (Wildman–Crippen LogP) is 3.81. The van der Waals surface area contributed by atoms with Crippen molar-refractivity contribution in [2.24, 2.45) is 0 Å². The number of nitrogens with zero attached hydrogens (tertiary/aromatic N) is 2. The minimum atomic E-state index is -0.418. The molecule has 4 heteroatoms. The standard InChI is InChI=1S/C22H28N2O2/c1-4-20(26-21-16-17(2)10-11-18(21)3)22(25)24-14-12-23(13-15-24)19-8-6-5-7-9-19/h5-11,16,20H,4,12-15H2,1-3H3/t20-/m1/s1. The van der Waals surface area contributed by atoms with Crippen molar-refractivity contribution in [2.45, 2.75) is 33.3 Å². The van der Waals surface area contributed by atoms with Crippen molar-refractivity contribution >= 4 is 11.6 Å². The van der Waals surface area contributed by atoms with Gasteiger partial charge in [0, 0.05) is 31.9 Å². The maximum absolute atomic E-state index is 13.0. The van der Waals surface area contributed by atoms with Crippen LogP contribution in [0, 0.1) is 13.8 Å². The van der Waals surface area contributed by atoms with E-state index in [-0.39, 0.29) is 5.91 Å². The van der Waals surface area contributed by atoms with E-state index in [9.17, 15) is 4.79 Å². The largest absolute Gasteiger partial charge is 0.480 e. The summed E-state index contributed by atoms with van der Waals surface area (Å²) in [7, 11) is 0. The van der Waals surface area contributed by atoms with Crippen molar-refractivity contribution in [1.29, 1.82) is 0 Å². The van der Waals surface area contributed by atoms with Crippen molar-refractivity contribution in [3.63, 3.8) is 0 Å². The monoisotopic (exact) mass is 352 g/mol. The van der Waals surface area contributed by atoms with Gasteiger partial charge < -0.3 is 14.5 Å². The van der Waals surface area contributed by atoms with E-state index in [0.717, 1.165) is 43.1 Å². The number of aryl methyl sites for hydroxylation is 2. The summed E-state index contributed by atoms with van der Waals surface area (Å²) >= 11 is 0. The molecule has 3 rings (SSSR count). The van der Waals surface area contributed by atoms with Crippen molar-refractivity contribution in [3.05, 3.63) is 59.7 Å². The lowest BCUT2D eigenvalue weighted by Crippen LogP contribution is -2.52. The number of piperazine rings is 1. The zero-order valence-corrected chi connectivity index (χ0v) is 15.9. The predicted molar refractivity (Wildman–Crippen MR) is 106 cm³/mol. The summed E-state index contributed by atoms with van der Waals surface area (Å²) in [5.74, 6) is 0.911. The Hall–Kier alpha value is -2.49. The number of ether oxygens (including phenoxy) is 1. The maximum atomic E-state index is 13.0. The molecule has 2 aromatic carbocycles. The van der Waals surface area contributed by atoms with E-state index in [0.29, 0.717) is 6.42 Å². The molecule has 1 saturated heterocycles. The van der Waals surface area contributed by atoms with E-state index in [4.69, 9.17) is 4.74 Å². The second-order valence-corrected chi connectivity index (χ2v) is 6.93. The quantitative estimate of drug-likeness (QED) is 0.820. The van der Waals surface area contributed by atoms with Gasteiger partial charge in [-0.05, 0) is 49.6 Å². The zero-order chi connectivity index (χ0) is 18.5. The molecule has 0 saturated carbocycles.